The molecule has 1 aliphatic rings. The normalized spacial score (nSPS) is 14.7. The molecule has 0 radical (unpaired) electrons. The number of allylic oxidation sites excluding steroid dienone is 1. The van der Waals surface area contributed by atoms with Gasteiger partial charge in [-0.3, -0.25) is 9.59 Å². The molecule has 0 saturated heterocycles. The molecule has 21 heavy (non-hydrogen) atoms. The van der Waals surface area contributed by atoms with Crippen molar-refractivity contribution >= 4 is 11.8 Å². The summed E-state index contributed by atoms with van der Waals surface area (Å²) in [5, 5.41) is 9.81. The Morgan fingerprint density at radius 3 is 2.86 bits per heavy atom. The third-order valence-corrected chi connectivity index (χ3v) is 3.66. The van der Waals surface area contributed by atoms with E-state index >= 15 is 0 Å². The van der Waals surface area contributed by atoms with Crippen LogP contribution in [0.3, 0.4) is 0 Å². The third kappa shape index (κ3) is 2.84. The number of hydrogen-bond donors (Lipinski definition) is 2. The van der Waals surface area contributed by atoms with Crippen LogP contribution >= 0.6 is 0 Å². The molecule has 0 saturated carbocycles. The topological polar surface area (TPSA) is 92.9 Å². The summed E-state index contributed by atoms with van der Waals surface area (Å²) in [6.07, 6.45) is 0.763. The number of methoxy groups -OCH3 is 1. The van der Waals surface area contributed by atoms with Crippen molar-refractivity contribution < 1.29 is 19.4 Å². The first-order chi connectivity index (χ1) is 9.95. The predicted molar refractivity (Wildman–Crippen MR) is 76.3 cm³/mol. The SMILES string of the molecule is C=C(CC[C@@H](C(N)=O)N1Cc2c(O)cccc2C1=O)OC. The summed E-state index contributed by atoms with van der Waals surface area (Å²) in [6.45, 7) is 3.86. The fourth-order valence-electron chi connectivity index (χ4n) is 2.44. The second-order valence-electron chi connectivity index (χ2n) is 4.94. The van der Waals surface area contributed by atoms with Crippen LogP contribution < -0.4 is 5.73 Å². The Balaban J connectivity index is 2.20. The van der Waals surface area contributed by atoms with Gasteiger partial charge < -0.3 is 20.5 Å². The summed E-state index contributed by atoms with van der Waals surface area (Å²) >= 11 is 0. The molecule has 0 spiro atoms. The van der Waals surface area contributed by atoms with Gasteiger partial charge >= 0.3 is 0 Å². The van der Waals surface area contributed by atoms with E-state index in [2.05, 4.69) is 6.58 Å². The number of carbonyl (C=O) groups excluding carboxylic acids is 2. The van der Waals surface area contributed by atoms with Crippen LogP contribution in [0.4, 0.5) is 0 Å². The number of amides is 2. The Morgan fingerprint density at radius 1 is 1.57 bits per heavy atom. The Labute approximate surface area is 122 Å². The minimum atomic E-state index is -0.754. The molecule has 0 aliphatic carbocycles. The Hall–Kier alpha value is -2.50. The van der Waals surface area contributed by atoms with Crippen LogP contribution in [0.25, 0.3) is 0 Å². The molecule has 1 aromatic carbocycles. The van der Waals surface area contributed by atoms with Crippen LogP contribution in [0.1, 0.15) is 28.8 Å². The van der Waals surface area contributed by atoms with Crippen LogP contribution in [0.15, 0.2) is 30.5 Å². The van der Waals surface area contributed by atoms with Crippen molar-refractivity contribution in [1.29, 1.82) is 0 Å². The van der Waals surface area contributed by atoms with Crippen LogP contribution in [-0.4, -0.2) is 35.0 Å². The zero-order valence-corrected chi connectivity index (χ0v) is 11.8. The zero-order valence-electron chi connectivity index (χ0n) is 11.8. The number of hydrogen-bond acceptors (Lipinski definition) is 4. The van der Waals surface area contributed by atoms with E-state index in [9.17, 15) is 14.7 Å². The smallest absolute Gasteiger partial charge is 0.255 e. The van der Waals surface area contributed by atoms with Crippen molar-refractivity contribution in [2.45, 2.75) is 25.4 Å². The number of aromatic hydroxyl groups is 1. The largest absolute Gasteiger partial charge is 0.508 e. The summed E-state index contributed by atoms with van der Waals surface area (Å²) in [6, 6.07) is 3.99. The average Bonchev–Trinajstić information content (AvgIpc) is 2.78. The number of nitrogens with zero attached hydrogens (tertiary/aromatic N) is 1. The van der Waals surface area contributed by atoms with E-state index in [0.29, 0.717) is 29.7 Å². The van der Waals surface area contributed by atoms with Gasteiger partial charge in [0.15, 0.2) is 0 Å². The number of phenols is 1. The minimum Gasteiger partial charge on any atom is -0.508 e. The molecular formula is C15H18N2O4. The molecule has 0 bridgehead atoms. The number of nitrogens with two attached hydrogens (primary N) is 1. The van der Waals surface area contributed by atoms with Crippen molar-refractivity contribution in [3.8, 4) is 5.75 Å². The van der Waals surface area contributed by atoms with E-state index in [-0.39, 0.29) is 18.2 Å². The number of rotatable bonds is 6. The lowest BCUT2D eigenvalue weighted by Gasteiger charge is -2.25. The second kappa shape index (κ2) is 5.87. The fourth-order valence-corrected chi connectivity index (χ4v) is 2.44. The molecule has 1 atom stereocenters. The van der Waals surface area contributed by atoms with Gasteiger partial charge in [-0.2, -0.15) is 0 Å². The number of phenolic OH excluding ortho intramolecular Hbond substituents is 1. The van der Waals surface area contributed by atoms with Crippen LogP contribution in [0.5, 0.6) is 5.75 Å². The van der Waals surface area contributed by atoms with Crippen molar-refractivity contribution in [3.05, 3.63) is 41.7 Å². The van der Waals surface area contributed by atoms with Gasteiger partial charge in [0.25, 0.3) is 5.91 Å². The molecule has 1 aliphatic heterocycles. The molecule has 3 N–H and O–H groups in total. The number of carbonyl (C=O) groups is 2. The van der Waals surface area contributed by atoms with Gasteiger partial charge in [0.2, 0.25) is 5.91 Å². The summed E-state index contributed by atoms with van der Waals surface area (Å²) in [5.41, 5.74) is 6.35. The molecule has 0 unspecified atom stereocenters. The van der Waals surface area contributed by atoms with E-state index in [4.69, 9.17) is 10.5 Å². The van der Waals surface area contributed by atoms with E-state index < -0.39 is 11.9 Å². The number of primary amides is 1. The van der Waals surface area contributed by atoms with Gasteiger partial charge in [-0.05, 0) is 18.6 Å². The second-order valence-corrected chi connectivity index (χ2v) is 4.94. The maximum Gasteiger partial charge on any atom is 0.255 e. The summed E-state index contributed by atoms with van der Waals surface area (Å²) < 4.78 is 4.96. The van der Waals surface area contributed by atoms with Crippen LogP contribution in [0, 0.1) is 0 Å². The van der Waals surface area contributed by atoms with Crippen molar-refractivity contribution in [2.24, 2.45) is 5.73 Å². The quantitative estimate of drug-likeness (QED) is 0.768. The Kier molecular flexibility index (Phi) is 4.16. The van der Waals surface area contributed by atoms with Crippen LogP contribution in [0.2, 0.25) is 0 Å². The first-order valence-electron chi connectivity index (χ1n) is 6.58. The zero-order chi connectivity index (χ0) is 15.6. The number of ether oxygens (including phenoxy) is 1. The van der Waals surface area contributed by atoms with E-state index in [1.165, 1.54) is 18.1 Å². The molecule has 6 heteroatoms. The third-order valence-electron chi connectivity index (χ3n) is 3.66. The van der Waals surface area contributed by atoms with Gasteiger partial charge in [0, 0.05) is 17.5 Å². The Morgan fingerprint density at radius 2 is 2.29 bits per heavy atom. The highest BCUT2D eigenvalue weighted by Gasteiger charge is 2.36. The summed E-state index contributed by atoms with van der Waals surface area (Å²) in [4.78, 5) is 25.4. The van der Waals surface area contributed by atoms with Gasteiger partial charge in [-0.15, -0.1) is 0 Å². The highest BCUT2D eigenvalue weighted by atomic mass is 16.5. The summed E-state index contributed by atoms with van der Waals surface area (Å²) in [5.74, 6) is -0.312. The van der Waals surface area contributed by atoms with E-state index in [1.807, 2.05) is 0 Å². The number of benzene rings is 1. The molecule has 2 rings (SSSR count). The highest BCUT2D eigenvalue weighted by Crippen LogP contribution is 2.32. The molecule has 0 fully saturated rings. The van der Waals surface area contributed by atoms with E-state index in [0.717, 1.165) is 0 Å². The molecule has 1 aromatic rings. The lowest BCUT2D eigenvalue weighted by Crippen LogP contribution is -2.44. The molecule has 6 nitrogen and oxygen atoms in total. The van der Waals surface area contributed by atoms with Crippen molar-refractivity contribution in [2.75, 3.05) is 7.11 Å². The van der Waals surface area contributed by atoms with Gasteiger partial charge in [0.05, 0.1) is 19.4 Å². The van der Waals surface area contributed by atoms with E-state index in [1.54, 1.807) is 12.1 Å². The van der Waals surface area contributed by atoms with Crippen molar-refractivity contribution in [3.63, 3.8) is 0 Å². The maximum absolute atomic E-state index is 12.4. The molecule has 0 aromatic heterocycles. The molecule has 1 heterocycles. The Bertz CT molecular complexity index is 597. The van der Waals surface area contributed by atoms with Crippen LogP contribution in [-0.2, 0) is 16.1 Å². The maximum atomic E-state index is 12.4. The van der Waals surface area contributed by atoms with Gasteiger partial charge in [0.1, 0.15) is 11.8 Å². The molecule has 2 amide bonds. The lowest BCUT2D eigenvalue weighted by molar-refractivity contribution is -0.122. The first kappa shape index (κ1) is 14.9. The molecule has 112 valence electrons. The van der Waals surface area contributed by atoms with Gasteiger partial charge in [-0.1, -0.05) is 12.6 Å². The fraction of sp³-hybridized carbons (Fsp3) is 0.333. The predicted octanol–water partition coefficient (Wildman–Crippen LogP) is 1.14. The monoisotopic (exact) mass is 290 g/mol. The van der Waals surface area contributed by atoms with Crippen molar-refractivity contribution in [1.82, 2.24) is 4.90 Å². The van der Waals surface area contributed by atoms with Gasteiger partial charge in [-0.25, -0.2) is 0 Å². The molecular weight excluding hydrogens is 272 g/mol. The first-order valence-corrected chi connectivity index (χ1v) is 6.58. The standard InChI is InChI=1S/C15H18N2O4/c1-9(21-2)6-7-12(14(16)19)17-8-11-10(15(17)20)4-3-5-13(11)18/h3-5,12,18H,1,6-8H2,2H3,(H2,16,19)/t12-/m0/s1. The highest BCUT2D eigenvalue weighted by molar-refractivity contribution is 6.01. The lowest BCUT2D eigenvalue weighted by atomic mass is 10.1. The average molecular weight is 290 g/mol. The number of fused-ring (bicyclic) bond motifs is 1. The minimum absolute atomic E-state index is 0.0490. The summed E-state index contributed by atoms with van der Waals surface area (Å²) in [7, 11) is 1.50.